The third-order valence-corrected chi connectivity index (χ3v) is 3.38. The van der Waals surface area contributed by atoms with Gasteiger partial charge in [-0.05, 0) is 23.9 Å². The van der Waals surface area contributed by atoms with Gasteiger partial charge in [0.2, 0.25) is 5.91 Å². The number of carbonyl (C=O) groups excluding carboxylic acids is 1. The van der Waals surface area contributed by atoms with Crippen LogP contribution in [0.2, 0.25) is 0 Å². The highest BCUT2D eigenvalue weighted by Crippen LogP contribution is 2.30. The molecule has 0 saturated carbocycles. The number of hydrogen-bond donors (Lipinski definition) is 2. The van der Waals surface area contributed by atoms with Crippen molar-refractivity contribution in [3.8, 4) is 0 Å². The van der Waals surface area contributed by atoms with Crippen molar-refractivity contribution in [1.29, 1.82) is 0 Å². The summed E-state index contributed by atoms with van der Waals surface area (Å²) in [4.78, 5) is 10.3. The molecule has 1 amide bonds. The summed E-state index contributed by atoms with van der Waals surface area (Å²) in [6, 6.07) is 10.3. The van der Waals surface area contributed by atoms with Gasteiger partial charge in [-0.3, -0.25) is 4.79 Å². The number of benzene rings is 1. The van der Waals surface area contributed by atoms with Crippen molar-refractivity contribution in [3.63, 3.8) is 0 Å². The number of hydrogen-bond acceptors (Lipinski definition) is 3. The summed E-state index contributed by atoms with van der Waals surface area (Å²) in [5.74, 6) is -0.333. The topological polar surface area (TPSA) is 63.3 Å². The maximum absolute atomic E-state index is 9.64. The number of amides is 1. The van der Waals surface area contributed by atoms with Crippen LogP contribution in [-0.4, -0.2) is 11.0 Å². The Morgan fingerprint density at radius 2 is 2.06 bits per heavy atom. The first kappa shape index (κ1) is 13.7. The Kier molecular flexibility index (Phi) is 5.12. The molecule has 4 heteroatoms. The van der Waals surface area contributed by atoms with Gasteiger partial charge >= 0.3 is 0 Å². The van der Waals surface area contributed by atoms with E-state index in [0.717, 1.165) is 11.3 Å². The molecule has 1 heterocycles. The van der Waals surface area contributed by atoms with E-state index in [1.54, 1.807) is 11.3 Å². The summed E-state index contributed by atoms with van der Waals surface area (Å²) >= 11 is 1.68. The SMILES string of the molecule is CC(N)=O.CCC(O)c1cc2ccccc2s1. The maximum Gasteiger partial charge on any atom is 0.214 e. The number of primary amides is 1. The van der Waals surface area contributed by atoms with Crippen LogP contribution in [0, 0.1) is 0 Å². The van der Waals surface area contributed by atoms with E-state index in [-0.39, 0.29) is 12.0 Å². The van der Waals surface area contributed by atoms with Crippen molar-refractivity contribution in [2.24, 2.45) is 5.73 Å². The molecule has 1 aromatic carbocycles. The molecule has 3 nitrogen and oxygen atoms in total. The molecule has 0 aliphatic carbocycles. The first-order valence-electron chi connectivity index (χ1n) is 5.47. The molecule has 0 saturated heterocycles. The molecule has 0 fully saturated rings. The number of rotatable bonds is 2. The third-order valence-electron chi connectivity index (χ3n) is 2.16. The Hall–Kier alpha value is -1.39. The summed E-state index contributed by atoms with van der Waals surface area (Å²) in [6.07, 6.45) is 0.490. The van der Waals surface area contributed by atoms with E-state index in [4.69, 9.17) is 0 Å². The van der Waals surface area contributed by atoms with Gasteiger partial charge in [-0.25, -0.2) is 0 Å². The van der Waals surface area contributed by atoms with Gasteiger partial charge in [0.05, 0.1) is 6.10 Å². The van der Waals surface area contributed by atoms with Gasteiger partial charge in [0.1, 0.15) is 0 Å². The van der Waals surface area contributed by atoms with Crippen molar-refractivity contribution >= 4 is 27.3 Å². The summed E-state index contributed by atoms with van der Waals surface area (Å²) in [5.41, 5.74) is 4.47. The smallest absolute Gasteiger partial charge is 0.214 e. The van der Waals surface area contributed by atoms with Crippen LogP contribution in [-0.2, 0) is 4.79 Å². The normalized spacial score (nSPS) is 11.7. The Balaban J connectivity index is 0.000000317. The lowest BCUT2D eigenvalue weighted by atomic mass is 10.2. The quantitative estimate of drug-likeness (QED) is 0.862. The number of aliphatic hydroxyl groups is 1. The van der Waals surface area contributed by atoms with Gasteiger partial charge in [0.15, 0.2) is 0 Å². The van der Waals surface area contributed by atoms with Crippen LogP contribution in [0.4, 0.5) is 0 Å². The van der Waals surface area contributed by atoms with Crippen molar-refractivity contribution in [3.05, 3.63) is 35.2 Å². The molecule has 1 atom stereocenters. The van der Waals surface area contributed by atoms with E-state index in [2.05, 4.69) is 23.9 Å². The number of carbonyl (C=O) groups is 1. The molecule has 17 heavy (non-hydrogen) atoms. The second kappa shape index (κ2) is 6.37. The van der Waals surface area contributed by atoms with Crippen molar-refractivity contribution in [2.75, 3.05) is 0 Å². The van der Waals surface area contributed by atoms with Gasteiger partial charge in [-0.1, -0.05) is 25.1 Å². The molecule has 2 aromatic rings. The molecule has 1 unspecified atom stereocenters. The van der Waals surface area contributed by atoms with E-state index < -0.39 is 0 Å². The predicted molar refractivity (Wildman–Crippen MR) is 71.9 cm³/mol. The van der Waals surface area contributed by atoms with Crippen molar-refractivity contribution in [2.45, 2.75) is 26.4 Å². The van der Waals surface area contributed by atoms with E-state index in [1.807, 2.05) is 19.1 Å². The lowest BCUT2D eigenvalue weighted by Crippen LogP contribution is -2.01. The molecule has 0 spiro atoms. The zero-order valence-electron chi connectivity index (χ0n) is 10.0. The molecule has 0 aliphatic heterocycles. The fourth-order valence-corrected chi connectivity index (χ4v) is 2.50. The minimum Gasteiger partial charge on any atom is -0.388 e. The van der Waals surface area contributed by atoms with Gasteiger partial charge in [-0.15, -0.1) is 11.3 Å². The molecule has 2 rings (SSSR count). The predicted octanol–water partition coefficient (Wildman–Crippen LogP) is 2.84. The van der Waals surface area contributed by atoms with Crippen LogP contribution in [0.5, 0.6) is 0 Å². The van der Waals surface area contributed by atoms with Crippen molar-refractivity contribution < 1.29 is 9.90 Å². The van der Waals surface area contributed by atoms with Gasteiger partial charge < -0.3 is 10.8 Å². The van der Waals surface area contributed by atoms with Crippen LogP contribution in [0.3, 0.4) is 0 Å². The Bertz CT molecular complexity index is 456. The minimum absolute atomic E-state index is 0.294. The first-order chi connectivity index (χ1) is 8.04. The second-order valence-electron chi connectivity index (χ2n) is 3.72. The highest BCUT2D eigenvalue weighted by molar-refractivity contribution is 7.19. The second-order valence-corrected chi connectivity index (χ2v) is 4.84. The maximum atomic E-state index is 9.64. The summed E-state index contributed by atoms with van der Waals surface area (Å²) < 4.78 is 1.25. The van der Waals surface area contributed by atoms with Gasteiger partial charge in [0, 0.05) is 16.5 Å². The highest BCUT2D eigenvalue weighted by atomic mass is 32.1. The largest absolute Gasteiger partial charge is 0.388 e. The van der Waals surface area contributed by atoms with Crippen LogP contribution in [0.15, 0.2) is 30.3 Å². The molecule has 0 bridgehead atoms. The van der Waals surface area contributed by atoms with Crippen LogP contribution < -0.4 is 5.73 Å². The van der Waals surface area contributed by atoms with E-state index in [1.165, 1.54) is 17.0 Å². The summed E-state index contributed by atoms with van der Waals surface area (Å²) in [6.45, 7) is 3.30. The zero-order chi connectivity index (χ0) is 12.8. The number of fused-ring (bicyclic) bond motifs is 1. The zero-order valence-corrected chi connectivity index (χ0v) is 10.8. The monoisotopic (exact) mass is 251 g/mol. The van der Waals surface area contributed by atoms with E-state index in [9.17, 15) is 9.90 Å². The highest BCUT2D eigenvalue weighted by Gasteiger charge is 2.08. The molecule has 1 aromatic heterocycles. The number of thiophene rings is 1. The standard InChI is InChI=1S/C11H12OS.C2H5NO/c1-2-9(12)11-7-8-5-3-4-6-10(8)13-11;1-2(3)4/h3-7,9,12H,2H2,1H3;1H3,(H2,3,4). The van der Waals surface area contributed by atoms with E-state index in [0.29, 0.717) is 0 Å². The molecule has 0 aliphatic rings. The fraction of sp³-hybridized carbons (Fsp3) is 0.308. The Morgan fingerprint density at radius 3 is 2.59 bits per heavy atom. The first-order valence-corrected chi connectivity index (χ1v) is 6.28. The van der Waals surface area contributed by atoms with Crippen molar-refractivity contribution in [1.82, 2.24) is 0 Å². The van der Waals surface area contributed by atoms with Crippen LogP contribution in [0.1, 0.15) is 31.2 Å². The number of nitrogens with two attached hydrogens (primary N) is 1. The summed E-state index contributed by atoms with van der Waals surface area (Å²) in [5, 5.41) is 10.9. The minimum atomic E-state index is -0.333. The molecular weight excluding hydrogens is 234 g/mol. The third kappa shape index (κ3) is 4.17. The van der Waals surface area contributed by atoms with Gasteiger partial charge in [-0.2, -0.15) is 0 Å². The van der Waals surface area contributed by atoms with Crippen LogP contribution >= 0.6 is 11.3 Å². The average Bonchev–Trinajstić information content (AvgIpc) is 2.70. The van der Waals surface area contributed by atoms with Crippen LogP contribution in [0.25, 0.3) is 10.1 Å². The number of aliphatic hydroxyl groups excluding tert-OH is 1. The fourth-order valence-electron chi connectivity index (χ4n) is 1.37. The summed E-state index contributed by atoms with van der Waals surface area (Å²) in [7, 11) is 0. The molecular formula is C13H17NO2S. The lowest BCUT2D eigenvalue weighted by molar-refractivity contribution is -0.115. The van der Waals surface area contributed by atoms with Gasteiger partial charge in [0.25, 0.3) is 0 Å². The molecule has 0 radical (unpaired) electrons. The lowest BCUT2D eigenvalue weighted by Gasteiger charge is -2.01. The van der Waals surface area contributed by atoms with E-state index >= 15 is 0 Å². The molecule has 92 valence electrons. The average molecular weight is 251 g/mol. The Morgan fingerprint density at radius 1 is 1.47 bits per heavy atom. The molecule has 3 N–H and O–H groups in total. The Labute approximate surface area is 105 Å².